The maximum atomic E-state index is 13.4. The fraction of sp³-hybridized carbons (Fsp3) is 0.133. The van der Waals surface area contributed by atoms with E-state index in [0.717, 1.165) is 12.1 Å². The Labute approximate surface area is 136 Å². The first kappa shape index (κ1) is 16.1. The molecule has 0 atom stereocenters. The van der Waals surface area contributed by atoms with Crippen molar-refractivity contribution < 1.29 is 32.2 Å². The van der Waals surface area contributed by atoms with Gasteiger partial charge in [-0.3, -0.25) is 4.72 Å². The second-order valence-electron chi connectivity index (χ2n) is 4.89. The number of hydrogen-bond acceptors (Lipinski definition) is 6. The van der Waals surface area contributed by atoms with Crippen molar-refractivity contribution in [3.8, 4) is 11.5 Å². The van der Waals surface area contributed by atoms with Gasteiger partial charge in [0.1, 0.15) is 19.0 Å². The van der Waals surface area contributed by atoms with Crippen molar-refractivity contribution in [3.05, 3.63) is 47.8 Å². The number of carbonyl (C=O) groups excluding carboxylic acids is 1. The lowest BCUT2D eigenvalue weighted by Crippen LogP contribution is -2.24. The van der Waals surface area contributed by atoms with E-state index in [-0.39, 0.29) is 5.69 Å². The molecule has 126 valence electrons. The van der Waals surface area contributed by atoms with E-state index in [1.807, 2.05) is 0 Å². The van der Waals surface area contributed by atoms with E-state index in [0.29, 0.717) is 30.8 Å². The molecule has 3 rings (SSSR count). The van der Waals surface area contributed by atoms with E-state index in [1.165, 1.54) is 12.1 Å². The molecule has 2 aromatic rings. The largest absolute Gasteiger partial charge is 0.545 e. The van der Waals surface area contributed by atoms with Crippen LogP contribution in [0.25, 0.3) is 0 Å². The molecule has 0 spiro atoms. The number of halogens is 1. The van der Waals surface area contributed by atoms with Gasteiger partial charge in [-0.1, -0.05) is 0 Å². The van der Waals surface area contributed by atoms with Gasteiger partial charge in [0, 0.05) is 11.6 Å². The number of carboxylic acid groups (broad SMARTS) is 1. The number of hydrogen-bond donors (Lipinski definition) is 1. The highest BCUT2D eigenvalue weighted by Crippen LogP contribution is 2.33. The van der Waals surface area contributed by atoms with Gasteiger partial charge in [-0.15, -0.1) is 0 Å². The number of rotatable bonds is 4. The van der Waals surface area contributed by atoms with Crippen LogP contribution in [0, 0.1) is 5.82 Å². The Morgan fingerprint density at radius 2 is 1.79 bits per heavy atom. The van der Waals surface area contributed by atoms with Gasteiger partial charge < -0.3 is 19.4 Å². The van der Waals surface area contributed by atoms with Gasteiger partial charge in [0.25, 0.3) is 10.0 Å². The molecule has 1 heterocycles. The summed E-state index contributed by atoms with van der Waals surface area (Å²) in [6.45, 7) is 0.746. The number of carbonyl (C=O) groups is 1. The van der Waals surface area contributed by atoms with Crippen LogP contribution in [-0.4, -0.2) is 27.6 Å². The van der Waals surface area contributed by atoms with E-state index < -0.39 is 32.3 Å². The van der Waals surface area contributed by atoms with Gasteiger partial charge in [0.15, 0.2) is 11.5 Å². The van der Waals surface area contributed by atoms with Crippen LogP contribution in [0.5, 0.6) is 11.5 Å². The highest BCUT2D eigenvalue weighted by Gasteiger charge is 2.19. The van der Waals surface area contributed by atoms with E-state index >= 15 is 0 Å². The molecule has 0 saturated carbocycles. The van der Waals surface area contributed by atoms with Gasteiger partial charge in [0.05, 0.1) is 16.6 Å². The van der Waals surface area contributed by atoms with Crippen LogP contribution < -0.4 is 19.3 Å². The van der Waals surface area contributed by atoms with E-state index in [9.17, 15) is 22.7 Å². The zero-order valence-electron chi connectivity index (χ0n) is 12.1. The van der Waals surface area contributed by atoms with Crippen LogP contribution in [0.15, 0.2) is 41.3 Å². The fourth-order valence-corrected chi connectivity index (χ4v) is 3.22. The monoisotopic (exact) mass is 352 g/mol. The molecule has 0 bridgehead atoms. The Morgan fingerprint density at radius 1 is 1.08 bits per heavy atom. The minimum atomic E-state index is -4.12. The van der Waals surface area contributed by atoms with Crippen LogP contribution >= 0.6 is 0 Å². The minimum absolute atomic E-state index is 0.193. The van der Waals surface area contributed by atoms with Crippen molar-refractivity contribution >= 4 is 21.7 Å². The number of aromatic carboxylic acids is 1. The van der Waals surface area contributed by atoms with Crippen molar-refractivity contribution in [3.63, 3.8) is 0 Å². The van der Waals surface area contributed by atoms with Gasteiger partial charge in [0.2, 0.25) is 0 Å². The number of ether oxygens (including phenoxy) is 2. The van der Waals surface area contributed by atoms with Crippen molar-refractivity contribution in [2.45, 2.75) is 4.90 Å². The van der Waals surface area contributed by atoms with E-state index in [4.69, 9.17) is 9.47 Å². The van der Waals surface area contributed by atoms with Crippen LogP contribution in [0.2, 0.25) is 0 Å². The maximum absolute atomic E-state index is 13.4. The first-order chi connectivity index (χ1) is 11.4. The first-order valence-electron chi connectivity index (χ1n) is 6.80. The van der Waals surface area contributed by atoms with Gasteiger partial charge in [-0.2, -0.15) is 0 Å². The number of benzene rings is 2. The van der Waals surface area contributed by atoms with Crippen LogP contribution in [-0.2, 0) is 10.0 Å². The molecule has 24 heavy (non-hydrogen) atoms. The average Bonchev–Trinajstić information content (AvgIpc) is 2.54. The van der Waals surface area contributed by atoms with Crippen molar-refractivity contribution in [2.24, 2.45) is 0 Å². The third-order valence-corrected chi connectivity index (χ3v) is 4.64. The zero-order valence-corrected chi connectivity index (χ0v) is 12.9. The summed E-state index contributed by atoms with van der Waals surface area (Å²) in [5.74, 6) is -2.00. The number of nitrogens with one attached hydrogen (secondary N) is 1. The SMILES string of the molecule is O=C([O-])c1cc(S(=O)(=O)Nc2ccc3c(c2)OCCO3)ccc1F. The number of sulfonamides is 1. The summed E-state index contributed by atoms with van der Waals surface area (Å²) in [7, 11) is -4.12. The summed E-state index contributed by atoms with van der Waals surface area (Å²) >= 11 is 0. The lowest BCUT2D eigenvalue weighted by atomic mass is 10.2. The third kappa shape index (κ3) is 3.11. The second kappa shape index (κ2) is 6.00. The minimum Gasteiger partial charge on any atom is -0.545 e. The molecule has 7 nitrogen and oxygen atoms in total. The molecule has 0 saturated heterocycles. The standard InChI is InChI=1S/C15H12FNO6S/c16-12-3-2-10(8-11(12)15(18)19)24(20,21)17-9-1-4-13-14(7-9)23-6-5-22-13/h1-4,7-8,17H,5-6H2,(H,18,19)/p-1. The fourth-order valence-electron chi connectivity index (χ4n) is 2.15. The molecular formula is C15H11FNO6S-. The van der Waals surface area contributed by atoms with Gasteiger partial charge >= 0.3 is 0 Å². The van der Waals surface area contributed by atoms with Crippen molar-refractivity contribution in [1.82, 2.24) is 0 Å². The quantitative estimate of drug-likeness (QED) is 0.871. The lowest BCUT2D eigenvalue weighted by Gasteiger charge is -2.19. The smallest absolute Gasteiger partial charge is 0.261 e. The van der Waals surface area contributed by atoms with E-state index in [2.05, 4.69) is 4.72 Å². The van der Waals surface area contributed by atoms with E-state index in [1.54, 1.807) is 6.07 Å². The number of carboxylic acids is 1. The Morgan fingerprint density at radius 3 is 2.50 bits per heavy atom. The third-order valence-electron chi connectivity index (χ3n) is 3.26. The Bertz CT molecular complexity index is 912. The van der Waals surface area contributed by atoms with Crippen LogP contribution in [0.3, 0.4) is 0 Å². The lowest BCUT2D eigenvalue weighted by molar-refractivity contribution is -0.255. The van der Waals surface area contributed by atoms with Crippen LogP contribution in [0.4, 0.5) is 10.1 Å². The maximum Gasteiger partial charge on any atom is 0.261 e. The van der Waals surface area contributed by atoms with Crippen molar-refractivity contribution in [1.29, 1.82) is 0 Å². The molecule has 0 amide bonds. The summed E-state index contributed by atoms with van der Waals surface area (Å²) in [6, 6.07) is 6.86. The predicted octanol–water partition coefficient (Wildman–Crippen LogP) is 0.761. The summed E-state index contributed by atoms with van der Waals surface area (Å²) in [5.41, 5.74) is -0.640. The molecule has 9 heteroatoms. The summed E-state index contributed by atoms with van der Waals surface area (Å²) in [4.78, 5) is 10.4. The molecule has 0 unspecified atom stereocenters. The second-order valence-corrected chi connectivity index (χ2v) is 6.58. The summed E-state index contributed by atoms with van der Waals surface area (Å²) in [5, 5.41) is 10.8. The summed E-state index contributed by atoms with van der Waals surface area (Å²) < 4.78 is 51.0. The molecule has 1 N–H and O–H groups in total. The average molecular weight is 352 g/mol. The van der Waals surface area contributed by atoms with Crippen LogP contribution in [0.1, 0.15) is 10.4 Å². The molecule has 0 fully saturated rings. The molecular weight excluding hydrogens is 341 g/mol. The summed E-state index contributed by atoms with van der Waals surface area (Å²) in [6.07, 6.45) is 0. The normalized spacial score (nSPS) is 13.4. The Balaban J connectivity index is 1.91. The topological polar surface area (TPSA) is 105 Å². The van der Waals surface area contributed by atoms with Gasteiger partial charge in [-0.05, 0) is 30.3 Å². The highest BCUT2D eigenvalue weighted by molar-refractivity contribution is 7.92. The Hall–Kier alpha value is -2.81. The number of anilines is 1. The molecule has 1 aliphatic rings. The van der Waals surface area contributed by atoms with Crippen molar-refractivity contribution in [2.75, 3.05) is 17.9 Å². The number of fused-ring (bicyclic) bond motifs is 1. The molecule has 0 radical (unpaired) electrons. The molecule has 0 aromatic heterocycles. The first-order valence-corrected chi connectivity index (χ1v) is 8.28. The molecule has 1 aliphatic heterocycles. The molecule has 2 aromatic carbocycles. The Kier molecular flexibility index (Phi) is 4.02. The zero-order chi connectivity index (χ0) is 17.3. The molecule has 0 aliphatic carbocycles. The van der Waals surface area contributed by atoms with Gasteiger partial charge in [-0.25, -0.2) is 12.8 Å². The highest BCUT2D eigenvalue weighted by atomic mass is 32.2. The predicted molar refractivity (Wildman–Crippen MR) is 79.0 cm³/mol.